The number of rotatable bonds is 5. The fourth-order valence-electron chi connectivity index (χ4n) is 3.02. The molecule has 0 radical (unpaired) electrons. The molecule has 2 saturated carbocycles. The van der Waals surface area contributed by atoms with E-state index in [-0.39, 0.29) is 0 Å². The summed E-state index contributed by atoms with van der Waals surface area (Å²) in [5, 5.41) is 17.3. The maximum atomic E-state index is 9.58. The van der Waals surface area contributed by atoms with Gasteiger partial charge in [-0.1, -0.05) is 64.4 Å². The van der Waals surface area contributed by atoms with Gasteiger partial charge in [0.15, 0.2) is 0 Å². The largest absolute Gasteiger partial charge is 0.480 e. The van der Waals surface area contributed by atoms with Crippen LogP contribution in [-0.4, -0.2) is 28.8 Å². The molecule has 2 fully saturated rings. The summed E-state index contributed by atoms with van der Waals surface area (Å²) in [6.07, 6.45) is 15.2. The molecule has 0 aliphatic heterocycles. The highest BCUT2D eigenvalue weighted by Gasteiger charge is 2.21. The van der Waals surface area contributed by atoms with Crippen molar-refractivity contribution in [3.63, 3.8) is 0 Å². The molecule has 1 amide bonds. The molecule has 2 aliphatic carbocycles. The fraction of sp³-hybridized carbons (Fsp3) is 0.778. The topological polar surface area (TPSA) is 86.6 Å². The van der Waals surface area contributed by atoms with Gasteiger partial charge in [-0.2, -0.15) is 0 Å². The molecule has 0 aromatic heterocycles. The Morgan fingerprint density at radius 3 is 1.96 bits per heavy atom. The average Bonchev–Trinajstić information content (AvgIpc) is 3.18. The average molecular weight is 327 g/mol. The molecule has 5 nitrogen and oxygen atoms in total. The predicted octanol–water partition coefficient (Wildman–Crippen LogP) is 4.68. The van der Waals surface area contributed by atoms with E-state index in [0.717, 1.165) is 11.8 Å². The van der Waals surface area contributed by atoms with Crippen LogP contribution in [-0.2, 0) is 4.79 Å². The number of allylic oxidation sites excluding steroid dienone is 1. The predicted molar refractivity (Wildman–Crippen MR) is 92.7 cm³/mol. The van der Waals surface area contributed by atoms with Gasteiger partial charge in [0.2, 0.25) is 0 Å². The molecule has 0 heterocycles. The molecule has 2 rings (SSSR count). The van der Waals surface area contributed by atoms with Crippen LogP contribution in [0.4, 0.5) is 4.79 Å². The maximum Gasteiger partial charge on any atom is 0.405 e. The number of carboxylic acids is 1. The van der Waals surface area contributed by atoms with E-state index in [9.17, 15) is 9.59 Å². The third kappa shape index (κ3) is 13.8. The van der Waals surface area contributed by atoms with Crippen LogP contribution in [0.1, 0.15) is 71.1 Å². The highest BCUT2D eigenvalue weighted by atomic mass is 16.4. The Hall–Kier alpha value is -1.52. The molecule has 5 heteroatoms. The first-order valence-corrected chi connectivity index (χ1v) is 8.76. The van der Waals surface area contributed by atoms with Gasteiger partial charge in [0, 0.05) is 0 Å². The van der Waals surface area contributed by atoms with E-state index < -0.39 is 18.6 Å². The third-order valence-corrected chi connectivity index (χ3v) is 4.42. The Morgan fingerprint density at radius 2 is 1.65 bits per heavy atom. The Bertz CT molecular complexity index is 318. The lowest BCUT2D eigenvalue weighted by Crippen LogP contribution is -2.27. The van der Waals surface area contributed by atoms with Gasteiger partial charge in [-0.25, -0.2) is 4.79 Å². The molecule has 2 aliphatic rings. The second-order valence-corrected chi connectivity index (χ2v) is 6.35. The molecule has 0 saturated heterocycles. The lowest BCUT2D eigenvalue weighted by Gasteiger charge is -2.12. The van der Waals surface area contributed by atoms with E-state index in [1.54, 1.807) is 5.32 Å². The third-order valence-electron chi connectivity index (χ3n) is 4.42. The smallest absolute Gasteiger partial charge is 0.405 e. The second-order valence-electron chi connectivity index (χ2n) is 6.35. The van der Waals surface area contributed by atoms with Crippen LogP contribution in [0.15, 0.2) is 12.7 Å². The SMILES string of the molecule is C1CCCC1.C=CCCC1CCCC1C.O=C(O)CNC(=O)O. The van der Waals surface area contributed by atoms with Crippen LogP contribution in [0, 0.1) is 11.8 Å². The molecule has 134 valence electrons. The van der Waals surface area contributed by atoms with Gasteiger partial charge in [-0.3, -0.25) is 4.79 Å². The zero-order valence-corrected chi connectivity index (χ0v) is 14.4. The van der Waals surface area contributed by atoms with Gasteiger partial charge in [0.05, 0.1) is 0 Å². The van der Waals surface area contributed by atoms with Crippen molar-refractivity contribution in [2.24, 2.45) is 11.8 Å². The number of aliphatic carboxylic acids is 1. The van der Waals surface area contributed by atoms with Crippen LogP contribution < -0.4 is 5.32 Å². The van der Waals surface area contributed by atoms with Gasteiger partial charge in [0.1, 0.15) is 6.54 Å². The highest BCUT2D eigenvalue weighted by molar-refractivity contribution is 5.75. The molecule has 2 unspecified atom stereocenters. The standard InChI is InChI=1S/C10H18.C5H10.C3H5NO4/c1-3-4-7-10-8-5-6-9(10)2;1-2-4-5-3-1;5-2(6)1-4-3(7)8/h3,9-10H,1,4-8H2,2H3;1-5H2;4H,1H2,(H,5,6)(H,7,8). The van der Waals surface area contributed by atoms with Gasteiger partial charge in [-0.15, -0.1) is 6.58 Å². The molecule has 0 spiro atoms. The molecular weight excluding hydrogens is 294 g/mol. The summed E-state index contributed by atoms with van der Waals surface area (Å²) in [7, 11) is 0. The Labute approximate surface area is 140 Å². The minimum atomic E-state index is -1.33. The summed E-state index contributed by atoms with van der Waals surface area (Å²) in [5.41, 5.74) is 0. The minimum absolute atomic E-state index is 0.546. The summed E-state index contributed by atoms with van der Waals surface area (Å²) >= 11 is 0. The summed E-state index contributed by atoms with van der Waals surface area (Å²) in [4.78, 5) is 19.1. The van der Waals surface area contributed by atoms with Crippen LogP contribution in [0.3, 0.4) is 0 Å². The number of carbonyl (C=O) groups is 2. The molecule has 0 aromatic carbocycles. The minimum Gasteiger partial charge on any atom is -0.480 e. The molecule has 2 atom stereocenters. The van der Waals surface area contributed by atoms with Gasteiger partial charge < -0.3 is 15.5 Å². The Balaban J connectivity index is 0.000000333. The van der Waals surface area contributed by atoms with Crippen LogP contribution >= 0.6 is 0 Å². The van der Waals surface area contributed by atoms with Crippen LogP contribution in [0.2, 0.25) is 0 Å². The van der Waals surface area contributed by atoms with E-state index in [1.165, 1.54) is 64.2 Å². The van der Waals surface area contributed by atoms with Crippen molar-refractivity contribution in [1.29, 1.82) is 0 Å². The van der Waals surface area contributed by atoms with Crippen molar-refractivity contribution in [3.05, 3.63) is 12.7 Å². The van der Waals surface area contributed by atoms with Crippen LogP contribution in [0.25, 0.3) is 0 Å². The summed E-state index contributed by atoms with van der Waals surface area (Å²) in [5.74, 6) is 0.811. The normalized spacial score (nSPS) is 22.1. The van der Waals surface area contributed by atoms with Crippen molar-refractivity contribution in [3.8, 4) is 0 Å². The second kappa shape index (κ2) is 14.1. The molecule has 0 aromatic rings. The molecule has 23 heavy (non-hydrogen) atoms. The summed E-state index contributed by atoms with van der Waals surface area (Å²) in [6, 6.07) is 0. The molecule has 0 bridgehead atoms. The lowest BCUT2D eigenvalue weighted by molar-refractivity contribution is -0.135. The Morgan fingerprint density at radius 1 is 1.09 bits per heavy atom. The first kappa shape index (κ1) is 21.5. The van der Waals surface area contributed by atoms with E-state index in [1.807, 2.05) is 6.08 Å². The summed E-state index contributed by atoms with van der Waals surface area (Å²) in [6.45, 7) is 5.59. The van der Waals surface area contributed by atoms with E-state index in [0.29, 0.717) is 0 Å². The Kier molecular flexibility index (Phi) is 13.2. The fourth-order valence-corrected chi connectivity index (χ4v) is 3.02. The van der Waals surface area contributed by atoms with Crippen molar-refractivity contribution >= 4 is 12.1 Å². The molecular formula is C18H33NO4. The maximum absolute atomic E-state index is 9.58. The summed E-state index contributed by atoms with van der Waals surface area (Å²) < 4.78 is 0. The van der Waals surface area contributed by atoms with Crippen molar-refractivity contribution in [1.82, 2.24) is 5.32 Å². The van der Waals surface area contributed by atoms with Crippen LogP contribution in [0.5, 0.6) is 0 Å². The van der Waals surface area contributed by atoms with Crippen molar-refractivity contribution in [2.45, 2.75) is 71.1 Å². The molecule has 3 N–H and O–H groups in total. The number of amides is 1. The van der Waals surface area contributed by atoms with E-state index >= 15 is 0 Å². The number of carboxylic acid groups (broad SMARTS) is 2. The number of hydrogen-bond donors (Lipinski definition) is 3. The van der Waals surface area contributed by atoms with Crippen molar-refractivity contribution < 1.29 is 19.8 Å². The van der Waals surface area contributed by atoms with Crippen molar-refractivity contribution in [2.75, 3.05) is 6.54 Å². The highest BCUT2D eigenvalue weighted by Crippen LogP contribution is 2.34. The number of nitrogens with one attached hydrogen (secondary N) is 1. The first-order valence-electron chi connectivity index (χ1n) is 8.76. The van der Waals surface area contributed by atoms with Gasteiger partial charge in [0.25, 0.3) is 0 Å². The van der Waals surface area contributed by atoms with Gasteiger partial charge in [-0.05, 0) is 24.7 Å². The lowest BCUT2D eigenvalue weighted by atomic mass is 9.93. The van der Waals surface area contributed by atoms with Gasteiger partial charge >= 0.3 is 12.1 Å². The number of hydrogen-bond acceptors (Lipinski definition) is 2. The zero-order chi connectivity index (χ0) is 17.5. The zero-order valence-electron chi connectivity index (χ0n) is 14.4. The van der Waals surface area contributed by atoms with E-state index in [4.69, 9.17) is 10.2 Å². The van der Waals surface area contributed by atoms with E-state index in [2.05, 4.69) is 13.5 Å². The quantitative estimate of drug-likeness (QED) is 0.640. The first-order chi connectivity index (χ1) is 11.0. The monoisotopic (exact) mass is 327 g/mol.